The average molecular weight is 353 g/mol. The summed E-state index contributed by atoms with van der Waals surface area (Å²) in [5.41, 5.74) is 1.63. The molecule has 7 heteroatoms. The first-order valence-corrected chi connectivity index (χ1v) is 9.12. The quantitative estimate of drug-likeness (QED) is 0.877. The number of fused-ring (bicyclic) bond motifs is 2. The van der Waals surface area contributed by atoms with Crippen LogP contribution in [0.25, 0.3) is 0 Å². The molecule has 1 aromatic carbocycles. The molecule has 2 aromatic rings. The van der Waals surface area contributed by atoms with Gasteiger partial charge in [0, 0.05) is 37.2 Å². The number of aromatic nitrogens is 3. The summed E-state index contributed by atoms with van der Waals surface area (Å²) < 4.78 is 2.17. The maximum atomic E-state index is 12.4. The van der Waals surface area contributed by atoms with Crippen molar-refractivity contribution in [2.45, 2.75) is 51.5 Å². The Bertz CT molecular complexity index is 884. The Morgan fingerprint density at radius 2 is 2.15 bits per heavy atom. The SMILES string of the molecule is CC1(C)C(=O)Nc2cc(C(=O)NCCc3nnc4n3CCCC4)ccc21. The van der Waals surface area contributed by atoms with Gasteiger partial charge < -0.3 is 15.2 Å². The maximum Gasteiger partial charge on any atom is 0.251 e. The highest BCUT2D eigenvalue weighted by Gasteiger charge is 2.38. The molecule has 0 fully saturated rings. The number of hydrogen-bond acceptors (Lipinski definition) is 4. The predicted octanol–water partition coefficient (Wildman–Crippen LogP) is 1.82. The van der Waals surface area contributed by atoms with Gasteiger partial charge >= 0.3 is 0 Å². The lowest BCUT2D eigenvalue weighted by Crippen LogP contribution is -2.27. The molecule has 0 radical (unpaired) electrons. The largest absolute Gasteiger partial charge is 0.352 e. The molecule has 26 heavy (non-hydrogen) atoms. The van der Waals surface area contributed by atoms with E-state index in [4.69, 9.17) is 0 Å². The van der Waals surface area contributed by atoms with Crippen molar-refractivity contribution in [2.24, 2.45) is 0 Å². The minimum atomic E-state index is -0.558. The molecule has 0 unspecified atom stereocenters. The van der Waals surface area contributed by atoms with Gasteiger partial charge in [-0.15, -0.1) is 10.2 Å². The second kappa shape index (κ2) is 6.23. The minimum absolute atomic E-state index is 0.0401. The Morgan fingerprint density at radius 3 is 3.00 bits per heavy atom. The summed E-state index contributed by atoms with van der Waals surface area (Å²) in [5.74, 6) is 1.80. The zero-order valence-electron chi connectivity index (χ0n) is 15.1. The molecular weight excluding hydrogens is 330 g/mol. The average Bonchev–Trinajstić information content (AvgIpc) is 3.14. The molecule has 0 aliphatic carbocycles. The lowest BCUT2D eigenvalue weighted by Gasteiger charge is -2.15. The third-order valence-corrected chi connectivity index (χ3v) is 5.34. The van der Waals surface area contributed by atoms with Crippen LogP contribution in [0.15, 0.2) is 18.2 Å². The van der Waals surface area contributed by atoms with Crippen LogP contribution in [-0.4, -0.2) is 33.1 Å². The zero-order chi connectivity index (χ0) is 18.3. The summed E-state index contributed by atoms with van der Waals surface area (Å²) in [5, 5.41) is 14.3. The third-order valence-electron chi connectivity index (χ3n) is 5.34. The molecule has 136 valence electrons. The van der Waals surface area contributed by atoms with Crippen molar-refractivity contribution in [3.63, 3.8) is 0 Å². The molecule has 0 saturated carbocycles. The van der Waals surface area contributed by atoms with Crippen LogP contribution in [-0.2, 0) is 29.6 Å². The highest BCUT2D eigenvalue weighted by molar-refractivity contribution is 6.07. The molecule has 0 spiro atoms. The first-order chi connectivity index (χ1) is 12.5. The summed E-state index contributed by atoms with van der Waals surface area (Å²) in [6, 6.07) is 5.38. The number of hydrogen-bond donors (Lipinski definition) is 2. The number of rotatable bonds is 4. The molecule has 0 bridgehead atoms. The van der Waals surface area contributed by atoms with Crippen LogP contribution in [0.2, 0.25) is 0 Å². The number of nitrogens with zero attached hydrogens (tertiary/aromatic N) is 3. The van der Waals surface area contributed by atoms with Gasteiger partial charge in [0.2, 0.25) is 5.91 Å². The summed E-state index contributed by atoms with van der Waals surface area (Å²) in [4.78, 5) is 24.5. The first kappa shape index (κ1) is 16.8. The first-order valence-electron chi connectivity index (χ1n) is 9.12. The molecular formula is C19H23N5O2. The fourth-order valence-electron chi connectivity index (χ4n) is 3.68. The lowest BCUT2D eigenvalue weighted by atomic mass is 9.86. The van der Waals surface area contributed by atoms with E-state index in [2.05, 4.69) is 25.4 Å². The van der Waals surface area contributed by atoms with Crippen LogP contribution in [0.1, 0.15) is 54.3 Å². The van der Waals surface area contributed by atoms with Crippen molar-refractivity contribution in [1.29, 1.82) is 0 Å². The molecule has 2 amide bonds. The van der Waals surface area contributed by atoms with Gasteiger partial charge in [0.1, 0.15) is 11.6 Å². The third kappa shape index (κ3) is 2.77. The Balaban J connectivity index is 1.40. The number of benzene rings is 1. The molecule has 1 aromatic heterocycles. The molecule has 2 aliphatic heterocycles. The number of aryl methyl sites for hydroxylation is 1. The standard InChI is InChI=1S/C19H23N5O2/c1-19(2)13-7-6-12(11-14(13)21-18(19)26)17(25)20-9-8-16-23-22-15-5-3-4-10-24(15)16/h6-7,11H,3-5,8-10H2,1-2H3,(H,20,25)(H,21,26). The van der Waals surface area contributed by atoms with Crippen LogP contribution in [0, 0.1) is 0 Å². The topological polar surface area (TPSA) is 88.9 Å². The van der Waals surface area contributed by atoms with E-state index in [1.165, 1.54) is 6.42 Å². The van der Waals surface area contributed by atoms with Gasteiger partial charge in [-0.25, -0.2) is 0 Å². The highest BCUT2D eigenvalue weighted by Crippen LogP contribution is 2.37. The normalized spacial score (nSPS) is 17.4. The van der Waals surface area contributed by atoms with E-state index in [0.29, 0.717) is 18.5 Å². The number of carbonyl (C=O) groups excluding carboxylic acids is 2. The Morgan fingerprint density at radius 1 is 1.31 bits per heavy atom. The van der Waals surface area contributed by atoms with E-state index in [1.54, 1.807) is 12.1 Å². The molecule has 0 saturated heterocycles. The van der Waals surface area contributed by atoms with Crippen LogP contribution < -0.4 is 10.6 Å². The van der Waals surface area contributed by atoms with E-state index in [0.717, 1.165) is 42.3 Å². The molecule has 7 nitrogen and oxygen atoms in total. The number of carbonyl (C=O) groups is 2. The second-order valence-electron chi connectivity index (χ2n) is 7.49. The summed E-state index contributed by atoms with van der Waals surface area (Å²) in [7, 11) is 0. The van der Waals surface area contributed by atoms with Crippen LogP contribution in [0.4, 0.5) is 5.69 Å². The van der Waals surface area contributed by atoms with Gasteiger partial charge in [-0.3, -0.25) is 9.59 Å². The Kier molecular flexibility index (Phi) is 4.01. The van der Waals surface area contributed by atoms with Gasteiger partial charge in [0.15, 0.2) is 0 Å². The number of anilines is 1. The van der Waals surface area contributed by atoms with Crippen LogP contribution >= 0.6 is 0 Å². The summed E-state index contributed by atoms with van der Waals surface area (Å²) in [6.07, 6.45) is 3.96. The predicted molar refractivity (Wildman–Crippen MR) is 97.1 cm³/mol. The monoisotopic (exact) mass is 353 g/mol. The highest BCUT2D eigenvalue weighted by atomic mass is 16.2. The summed E-state index contributed by atoms with van der Waals surface area (Å²) >= 11 is 0. The van der Waals surface area contributed by atoms with Gasteiger partial charge in [-0.05, 0) is 44.4 Å². The van der Waals surface area contributed by atoms with E-state index in [1.807, 2.05) is 19.9 Å². The van der Waals surface area contributed by atoms with Gasteiger partial charge in [-0.2, -0.15) is 0 Å². The van der Waals surface area contributed by atoms with Crippen molar-refractivity contribution in [2.75, 3.05) is 11.9 Å². The fraction of sp³-hybridized carbons (Fsp3) is 0.474. The van der Waals surface area contributed by atoms with E-state index < -0.39 is 5.41 Å². The van der Waals surface area contributed by atoms with Crippen molar-refractivity contribution < 1.29 is 9.59 Å². The van der Waals surface area contributed by atoms with Gasteiger partial charge in [-0.1, -0.05) is 6.07 Å². The van der Waals surface area contributed by atoms with Crippen molar-refractivity contribution in [1.82, 2.24) is 20.1 Å². The number of nitrogens with one attached hydrogen (secondary N) is 2. The van der Waals surface area contributed by atoms with Crippen molar-refractivity contribution in [3.05, 3.63) is 41.0 Å². The lowest BCUT2D eigenvalue weighted by molar-refractivity contribution is -0.119. The minimum Gasteiger partial charge on any atom is -0.352 e. The van der Waals surface area contributed by atoms with E-state index in [9.17, 15) is 9.59 Å². The van der Waals surface area contributed by atoms with E-state index >= 15 is 0 Å². The van der Waals surface area contributed by atoms with Gasteiger partial charge in [0.05, 0.1) is 5.41 Å². The smallest absolute Gasteiger partial charge is 0.251 e. The molecule has 0 atom stereocenters. The van der Waals surface area contributed by atoms with Crippen LogP contribution in [0.5, 0.6) is 0 Å². The molecule has 3 heterocycles. The second-order valence-corrected chi connectivity index (χ2v) is 7.49. The van der Waals surface area contributed by atoms with Gasteiger partial charge in [0.25, 0.3) is 5.91 Å². The summed E-state index contributed by atoms with van der Waals surface area (Å²) in [6.45, 7) is 5.23. The molecule has 2 aliphatic rings. The molecule has 4 rings (SSSR count). The maximum absolute atomic E-state index is 12.4. The van der Waals surface area contributed by atoms with Crippen molar-refractivity contribution >= 4 is 17.5 Å². The van der Waals surface area contributed by atoms with Crippen LogP contribution in [0.3, 0.4) is 0 Å². The Labute approximate surface area is 152 Å². The number of amides is 2. The molecule has 2 N–H and O–H groups in total. The Hall–Kier alpha value is -2.70. The zero-order valence-corrected chi connectivity index (χ0v) is 15.1. The fourth-order valence-corrected chi connectivity index (χ4v) is 3.68. The van der Waals surface area contributed by atoms with Crippen molar-refractivity contribution in [3.8, 4) is 0 Å². The van der Waals surface area contributed by atoms with E-state index in [-0.39, 0.29) is 11.8 Å².